The van der Waals surface area contributed by atoms with Crippen LogP contribution in [0.1, 0.15) is 113 Å². The van der Waals surface area contributed by atoms with Crippen LogP contribution in [0.15, 0.2) is 11.6 Å². The third-order valence-corrected chi connectivity index (χ3v) is 19.1. The van der Waals surface area contributed by atoms with Crippen molar-refractivity contribution >= 4 is 11.9 Å². The van der Waals surface area contributed by atoms with E-state index in [4.69, 9.17) is 33.2 Å². The minimum absolute atomic E-state index is 0.0582. The lowest BCUT2D eigenvalue weighted by atomic mass is 9.33. The first-order valence-corrected chi connectivity index (χ1v) is 24.1. The van der Waals surface area contributed by atoms with Gasteiger partial charge in [-0.05, 0) is 109 Å². The third kappa shape index (κ3) is 7.74. The molecule has 9 N–H and O–H groups in total. The van der Waals surface area contributed by atoms with Crippen LogP contribution >= 0.6 is 0 Å². The zero-order valence-electron chi connectivity index (χ0n) is 39.7. The van der Waals surface area contributed by atoms with Gasteiger partial charge < -0.3 is 79.1 Å². The molecule has 5 aliphatic carbocycles. The second-order valence-corrected chi connectivity index (χ2v) is 23.2. The van der Waals surface area contributed by atoms with Crippen LogP contribution in [0.3, 0.4) is 0 Å². The Morgan fingerprint density at radius 1 is 0.667 bits per heavy atom. The number of methoxy groups -OCH3 is 1. The molecule has 0 aromatic rings. The highest BCUT2D eigenvalue weighted by atomic mass is 16.8. The number of esters is 2. The fourth-order valence-electron chi connectivity index (χ4n) is 14.9. The van der Waals surface area contributed by atoms with Gasteiger partial charge in [0.15, 0.2) is 18.7 Å². The average Bonchev–Trinajstić information content (AvgIpc) is 3.54. The molecule has 0 unspecified atom stereocenters. The Kier molecular flexibility index (Phi) is 13.6. The van der Waals surface area contributed by atoms with Crippen molar-refractivity contribution in [2.24, 2.45) is 50.2 Å². The topological polar surface area (TPSA) is 281 Å². The molecular formula is C48H76O18. The second kappa shape index (κ2) is 17.8. The maximum Gasteiger partial charge on any atom is 0.337 e. The van der Waals surface area contributed by atoms with E-state index < -0.39 is 128 Å². The van der Waals surface area contributed by atoms with Gasteiger partial charge in [0.2, 0.25) is 6.29 Å². The summed E-state index contributed by atoms with van der Waals surface area (Å²) in [7, 11) is 1.13. The lowest BCUT2D eigenvalue weighted by Crippen LogP contribution is -2.66. The van der Waals surface area contributed by atoms with Gasteiger partial charge in [-0.15, -0.1) is 0 Å². The fraction of sp³-hybridized carbons (Fsp3) is 0.917. The van der Waals surface area contributed by atoms with E-state index in [0.717, 1.165) is 52.1 Å². The predicted molar refractivity (Wildman–Crippen MR) is 229 cm³/mol. The molecule has 3 heterocycles. The number of aliphatic hydroxyl groups is 9. The van der Waals surface area contributed by atoms with Crippen molar-refractivity contribution in [1.29, 1.82) is 0 Å². The lowest BCUT2D eigenvalue weighted by molar-refractivity contribution is -0.342. The molecule has 0 aromatic carbocycles. The van der Waals surface area contributed by atoms with Gasteiger partial charge >= 0.3 is 11.9 Å². The second-order valence-electron chi connectivity index (χ2n) is 23.2. The van der Waals surface area contributed by atoms with E-state index in [1.54, 1.807) is 0 Å². The SMILES string of the molecule is COC(=O)[C@H]1O[C@@H](O[C@H]2CC[C@]3(C)[C@H]4CC=C5[C@@H]6CC(C)(C)CC[C@]6(C(=O)O[C@@H]6O[C@H](CO)[C@@H](O)[C@H](O)[C@H]6O)CC[C@@]5(C)[C@]4(C)CC[C@H]3C2(C)C)[C@H](O)[C@@H](O)[C@@H]1O[C@H]1O[C@@H](CO)[C@H](O)[C@H]1O. The summed E-state index contributed by atoms with van der Waals surface area (Å²) in [6, 6.07) is 0. The molecule has 0 spiro atoms. The molecule has 66 heavy (non-hydrogen) atoms. The van der Waals surface area contributed by atoms with Gasteiger partial charge in [-0.2, -0.15) is 0 Å². The molecule has 376 valence electrons. The summed E-state index contributed by atoms with van der Waals surface area (Å²) in [6.45, 7) is 14.8. The van der Waals surface area contributed by atoms with E-state index in [1.807, 2.05) is 0 Å². The molecule has 22 atom stereocenters. The van der Waals surface area contributed by atoms with Crippen LogP contribution in [-0.4, -0.2) is 170 Å². The minimum atomic E-state index is -1.76. The van der Waals surface area contributed by atoms with Gasteiger partial charge in [-0.3, -0.25) is 4.79 Å². The number of aliphatic hydroxyl groups excluding tert-OH is 9. The van der Waals surface area contributed by atoms with Crippen LogP contribution in [-0.2, 0) is 42.7 Å². The molecule has 0 aromatic heterocycles. The number of hydrogen-bond acceptors (Lipinski definition) is 18. The Hall–Kier alpha value is -1.88. The molecule has 4 saturated carbocycles. The van der Waals surface area contributed by atoms with Crippen LogP contribution < -0.4 is 0 Å². The van der Waals surface area contributed by atoms with Crippen molar-refractivity contribution in [3.63, 3.8) is 0 Å². The Bertz CT molecular complexity index is 1840. The Morgan fingerprint density at radius 2 is 1.26 bits per heavy atom. The molecule has 0 radical (unpaired) electrons. The minimum Gasteiger partial charge on any atom is -0.467 e. The van der Waals surface area contributed by atoms with Crippen molar-refractivity contribution < 1.29 is 88.7 Å². The molecule has 18 heteroatoms. The first-order valence-electron chi connectivity index (χ1n) is 24.1. The third-order valence-electron chi connectivity index (χ3n) is 19.1. The molecule has 3 saturated heterocycles. The van der Waals surface area contributed by atoms with Gasteiger partial charge in [-0.25, -0.2) is 4.79 Å². The maximum absolute atomic E-state index is 14.7. The normalized spacial score (nSPS) is 51.9. The Morgan fingerprint density at radius 3 is 1.91 bits per heavy atom. The number of hydrogen-bond donors (Lipinski definition) is 9. The zero-order valence-corrected chi connectivity index (χ0v) is 39.7. The summed E-state index contributed by atoms with van der Waals surface area (Å²) >= 11 is 0. The van der Waals surface area contributed by atoms with E-state index in [1.165, 1.54) is 5.57 Å². The molecule has 18 nitrogen and oxygen atoms in total. The largest absolute Gasteiger partial charge is 0.467 e. The quantitative estimate of drug-likeness (QED) is 0.0885. The highest BCUT2D eigenvalue weighted by Crippen LogP contribution is 2.76. The monoisotopic (exact) mass is 941 g/mol. The highest BCUT2D eigenvalue weighted by molar-refractivity contribution is 5.79. The summed E-state index contributed by atoms with van der Waals surface area (Å²) in [4.78, 5) is 27.8. The van der Waals surface area contributed by atoms with Crippen molar-refractivity contribution in [3.05, 3.63) is 11.6 Å². The molecule has 8 rings (SSSR count). The van der Waals surface area contributed by atoms with Gasteiger partial charge in [0.05, 0.1) is 31.8 Å². The van der Waals surface area contributed by atoms with Crippen molar-refractivity contribution in [3.8, 4) is 0 Å². The van der Waals surface area contributed by atoms with Crippen LogP contribution in [0.2, 0.25) is 0 Å². The molecular weight excluding hydrogens is 865 g/mol. The van der Waals surface area contributed by atoms with E-state index in [0.29, 0.717) is 19.3 Å². The number of allylic oxidation sites excluding steroid dienone is 2. The van der Waals surface area contributed by atoms with Gasteiger partial charge in [-0.1, -0.05) is 60.1 Å². The van der Waals surface area contributed by atoms with Crippen molar-refractivity contribution in [1.82, 2.24) is 0 Å². The van der Waals surface area contributed by atoms with Gasteiger partial charge in [0, 0.05) is 0 Å². The number of carbonyl (C=O) groups excluding carboxylic acids is 2. The summed E-state index contributed by atoms with van der Waals surface area (Å²) < 4.78 is 40.5. The molecule has 0 bridgehead atoms. The highest BCUT2D eigenvalue weighted by Gasteiger charge is 2.70. The molecule has 7 fully saturated rings. The van der Waals surface area contributed by atoms with Gasteiger partial charge in [0.1, 0.15) is 61.0 Å². The number of carbonyl (C=O) groups is 2. The maximum atomic E-state index is 14.7. The first-order chi connectivity index (χ1) is 30.9. The fourth-order valence-corrected chi connectivity index (χ4v) is 14.9. The van der Waals surface area contributed by atoms with E-state index in [-0.39, 0.29) is 39.4 Å². The Labute approximate surface area is 386 Å². The molecule has 0 amide bonds. The summed E-state index contributed by atoms with van der Waals surface area (Å²) in [5.41, 5.74) is -0.703. The smallest absolute Gasteiger partial charge is 0.337 e. The molecule has 3 aliphatic heterocycles. The van der Waals surface area contributed by atoms with Crippen LogP contribution in [0.25, 0.3) is 0 Å². The number of rotatable bonds is 9. The standard InChI is InChI=1S/C48H76O18/c1-43(2)15-17-48(42(59)66-40-34(56)31(53)29(51)24(20-49)62-40)18-16-46(6)22(23(48)19-43)9-10-27-45(5)13-12-28(44(3,4)26(45)11-14-47(27,46)7)63-41-35(57)32(54)36(37(65-41)38(58)60-8)64-39-33(55)30(52)25(21-50)61-39/h9,23-37,39-41,49-57H,10-21H2,1-8H3/t23-,24+,25-,26-,27+,28-,29+,30-,31-,32+,33+,34+,35+,36-,37-,39+,40-,41+,45-,46+,47+,48-/m0/s1. The summed E-state index contributed by atoms with van der Waals surface area (Å²) in [5, 5.41) is 94.8. The van der Waals surface area contributed by atoms with Crippen LogP contribution in [0.5, 0.6) is 0 Å². The van der Waals surface area contributed by atoms with Crippen molar-refractivity contribution in [2.45, 2.75) is 205 Å². The summed E-state index contributed by atoms with van der Waals surface area (Å²) in [6.07, 6.45) is -12.2. The van der Waals surface area contributed by atoms with Gasteiger partial charge in [0.25, 0.3) is 0 Å². The average molecular weight is 941 g/mol. The van der Waals surface area contributed by atoms with Crippen LogP contribution in [0.4, 0.5) is 0 Å². The number of ether oxygens (including phenoxy) is 7. The summed E-state index contributed by atoms with van der Waals surface area (Å²) in [5.74, 6) is -1.13. The van der Waals surface area contributed by atoms with E-state index in [2.05, 4.69) is 54.5 Å². The van der Waals surface area contributed by atoms with E-state index in [9.17, 15) is 55.5 Å². The Balaban J connectivity index is 1.02. The number of fused-ring (bicyclic) bond motifs is 7. The van der Waals surface area contributed by atoms with E-state index >= 15 is 0 Å². The lowest BCUT2D eigenvalue weighted by Gasteiger charge is -2.71. The first kappa shape index (κ1) is 50.5. The van der Waals surface area contributed by atoms with Crippen molar-refractivity contribution in [2.75, 3.05) is 20.3 Å². The zero-order chi connectivity index (χ0) is 48.3. The van der Waals surface area contributed by atoms with Crippen LogP contribution in [0, 0.1) is 50.2 Å². The predicted octanol–water partition coefficient (Wildman–Crippen LogP) is 0.960. The molecule has 8 aliphatic rings.